The van der Waals surface area contributed by atoms with Crippen LogP contribution in [0.1, 0.15) is 34.8 Å². The van der Waals surface area contributed by atoms with Gasteiger partial charge in [0, 0.05) is 11.6 Å². The van der Waals surface area contributed by atoms with Crippen LogP contribution in [-0.2, 0) is 12.8 Å². The van der Waals surface area contributed by atoms with Gasteiger partial charge in [-0.05, 0) is 55.5 Å². The zero-order chi connectivity index (χ0) is 17.4. The molecule has 0 aliphatic heterocycles. The Bertz CT molecular complexity index is 679. The maximum atomic E-state index is 12.4. The third-order valence-corrected chi connectivity index (χ3v) is 3.99. The Morgan fingerprint density at radius 1 is 1.25 bits per heavy atom. The van der Waals surface area contributed by atoms with Crippen LogP contribution in [0.15, 0.2) is 61.2 Å². The normalized spacial score (nSPS) is 11.6. The molecule has 0 saturated carbocycles. The van der Waals surface area contributed by atoms with Crippen LogP contribution in [0, 0.1) is 0 Å². The number of aryl methyl sites for hydroxylation is 1. The Kier molecular flexibility index (Phi) is 6.62. The average molecular weight is 323 g/mol. The van der Waals surface area contributed by atoms with Gasteiger partial charge in [0.1, 0.15) is 5.75 Å². The number of methoxy groups -OCH3 is 1. The molecule has 0 unspecified atom stereocenters. The van der Waals surface area contributed by atoms with Gasteiger partial charge < -0.3 is 10.1 Å². The lowest BCUT2D eigenvalue weighted by molar-refractivity contribution is 0.0938. The molecule has 2 aromatic rings. The summed E-state index contributed by atoms with van der Waals surface area (Å²) < 4.78 is 5.32. The Balaban J connectivity index is 1.95. The van der Waals surface area contributed by atoms with Crippen LogP contribution >= 0.6 is 0 Å². The second-order valence-electron chi connectivity index (χ2n) is 5.92. The number of rotatable bonds is 8. The summed E-state index contributed by atoms with van der Waals surface area (Å²) >= 11 is 0. The monoisotopic (exact) mass is 323 g/mol. The summed E-state index contributed by atoms with van der Waals surface area (Å²) in [6.07, 6.45) is 4.34. The minimum Gasteiger partial charge on any atom is -0.496 e. The van der Waals surface area contributed by atoms with Crippen molar-refractivity contribution < 1.29 is 9.53 Å². The van der Waals surface area contributed by atoms with Crippen LogP contribution < -0.4 is 10.1 Å². The van der Waals surface area contributed by atoms with Gasteiger partial charge in [-0.15, -0.1) is 6.58 Å². The molecule has 0 aliphatic rings. The summed E-state index contributed by atoms with van der Waals surface area (Å²) in [4.78, 5) is 12.4. The lowest BCUT2D eigenvalue weighted by atomic mass is 10.0. The van der Waals surface area contributed by atoms with Crippen molar-refractivity contribution in [1.29, 1.82) is 0 Å². The summed E-state index contributed by atoms with van der Waals surface area (Å²) in [6, 6.07) is 15.9. The molecule has 0 fully saturated rings. The maximum Gasteiger partial charge on any atom is 0.251 e. The fraction of sp³-hybridized carbons (Fsp3) is 0.286. The van der Waals surface area contributed by atoms with E-state index in [0.717, 1.165) is 24.2 Å². The highest BCUT2D eigenvalue weighted by Gasteiger charge is 2.12. The minimum atomic E-state index is -0.0523. The number of hydrogen-bond donors (Lipinski definition) is 1. The molecule has 0 saturated heterocycles. The van der Waals surface area contributed by atoms with Crippen LogP contribution in [0.25, 0.3) is 0 Å². The number of carbonyl (C=O) groups excluding carboxylic acids is 1. The number of allylic oxidation sites excluding steroid dienone is 1. The van der Waals surface area contributed by atoms with Gasteiger partial charge in [0.2, 0.25) is 0 Å². The van der Waals surface area contributed by atoms with Crippen LogP contribution in [0.3, 0.4) is 0 Å². The third-order valence-electron chi connectivity index (χ3n) is 3.99. The van der Waals surface area contributed by atoms with E-state index in [-0.39, 0.29) is 11.9 Å². The first-order valence-corrected chi connectivity index (χ1v) is 8.26. The lowest BCUT2D eigenvalue weighted by Gasteiger charge is -2.15. The zero-order valence-electron chi connectivity index (χ0n) is 14.4. The molecule has 0 aromatic heterocycles. The van der Waals surface area contributed by atoms with Gasteiger partial charge in [-0.2, -0.15) is 0 Å². The molecule has 3 nitrogen and oxygen atoms in total. The highest BCUT2D eigenvalue weighted by molar-refractivity contribution is 5.94. The highest BCUT2D eigenvalue weighted by atomic mass is 16.5. The molecular weight excluding hydrogens is 298 g/mol. The molecule has 0 spiro atoms. The van der Waals surface area contributed by atoms with E-state index in [2.05, 4.69) is 24.0 Å². The number of ether oxygens (including phenoxy) is 1. The van der Waals surface area contributed by atoms with E-state index in [4.69, 9.17) is 4.74 Å². The van der Waals surface area contributed by atoms with Gasteiger partial charge in [-0.3, -0.25) is 4.79 Å². The molecule has 1 N–H and O–H groups in total. The van der Waals surface area contributed by atoms with E-state index in [9.17, 15) is 4.79 Å². The Morgan fingerprint density at radius 2 is 2.00 bits per heavy atom. The smallest absolute Gasteiger partial charge is 0.251 e. The Morgan fingerprint density at radius 3 is 2.67 bits per heavy atom. The van der Waals surface area contributed by atoms with Crippen molar-refractivity contribution in [2.75, 3.05) is 7.11 Å². The van der Waals surface area contributed by atoms with Gasteiger partial charge >= 0.3 is 0 Å². The molecule has 24 heavy (non-hydrogen) atoms. The maximum absolute atomic E-state index is 12.4. The fourth-order valence-corrected chi connectivity index (χ4v) is 2.64. The molecule has 126 valence electrons. The van der Waals surface area contributed by atoms with Crippen molar-refractivity contribution in [3.8, 4) is 5.75 Å². The van der Waals surface area contributed by atoms with Crippen molar-refractivity contribution in [2.24, 2.45) is 0 Å². The summed E-state index contributed by atoms with van der Waals surface area (Å²) in [5.74, 6) is 0.729. The first-order valence-electron chi connectivity index (χ1n) is 8.26. The van der Waals surface area contributed by atoms with Crippen molar-refractivity contribution in [2.45, 2.75) is 32.2 Å². The molecule has 0 radical (unpaired) electrons. The van der Waals surface area contributed by atoms with E-state index in [1.807, 2.05) is 43.3 Å². The summed E-state index contributed by atoms with van der Waals surface area (Å²) in [7, 11) is 1.63. The summed E-state index contributed by atoms with van der Waals surface area (Å²) in [5.41, 5.74) is 2.91. The molecule has 2 rings (SSSR count). The number of amides is 1. The van der Waals surface area contributed by atoms with E-state index >= 15 is 0 Å². The predicted molar refractivity (Wildman–Crippen MR) is 98.6 cm³/mol. The minimum absolute atomic E-state index is 0.0523. The molecule has 0 aliphatic carbocycles. The van der Waals surface area contributed by atoms with Gasteiger partial charge in [0.05, 0.1) is 7.11 Å². The quantitative estimate of drug-likeness (QED) is 0.740. The second kappa shape index (κ2) is 8.92. The number of nitrogens with one attached hydrogen (secondary N) is 1. The first kappa shape index (κ1) is 17.8. The van der Waals surface area contributed by atoms with Crippen LogP contribution in [0.4, 0.5) is 0 Å². The van der Waals surface area contributed by atoms with Crippen molar-refractivity contribution >= 4 is 5.91 Å². The molecule has 1 atom stereocenters. The van der Waals surface area contributed by atoms with Gasteiger partial charge in [-0.1, -0.05) is 36.4 Å². The molecule has 0 bridgehead atoms. The summed E-state index contributed by atoms with van der Waals surface area (Å²) in [6.45, 7) is 5.79. The number of benzene rings is 2. The standard InChI is InChI=1S/C21H25NO2/c1-4-8-18-15-19(13-14-20(18)24-3)21(23)22-16(2)11-12-17-9-6-5-7-10-17/h4-7,9-10,13-16H,1,8,11-12H2,2-3H3,(H,22,23)/t16-/m0/s1. The SMILES string of the molecule is C=CCc1cc(C(=O)N[C@@H](C)CCc2ccccc2)ccc1OC. The average Bonchev–Trinajstić information content (AvgIpc) is 2.61. The van der Waals surface area contributed by atoms with Crippen molar-refractivity contribution in [1.82, 2.24) is 5.32 Å². The largest absolute Gasteiger partial charge is 0.496 e. The predicted octanol–water partition coefficient (Wildman–Crippen LogP) is 4.17. The van der Waals surface area contributed by atoms with Gasteiger partial charge in [0.15, 0.2) is 0 Å². The Labute approximate surface area is 144 Å². The van der Waals surface area contributed by atoms with E-state index in [1.54, 1.807) is 13.2 Å². The first-order chi connectivity index (χ1) is 11.6. The topological polar surface area (TPSA) is 38.3 Å². The molecule has 0 heterocycles. The zero-order valence-corrected chi connectivity index (χ0v) is 14.4. The van der Waals surface area contributed by atoms with Gasteiger partial charge in [0.25, 0.3) is 5.91 Å². The van der Waals surface area contributed by atoms with E-state index in [1.165, 1.54) is 5.56 Å². The molecule has 2 aromatic carbocycles. The molecular formula is C21H25NO2. The fourth-order valence-electron chi connectivity index (χ4n) is 2.64. The summed E-state index contributed by atoms with van der Waals surface area (Å²) in [5, 5.41) is 3.07. The van der Waals surface area contributed by atoms with Crippen LogP contribution in [0.5, 0.6) is 5.75 Å². The second-order valence-corrected chi connectivity index (χ2v) is 5.92. The van der Waals surface area contributed by atoms with Crippen molar-refractivity contribution in [3.05, 3.63) is 77.9 Å². The Hall–Kier alpha value is -2.55. The van der Waals surface area contributed by atoms with E-state index in [0.29, 0.717) is 12.0 Å². The third kappa shape index (κ3) is 4.98. The van der Waals surface area contributed by atoms with Crippen molar-refractivity contribution in [3.63, 3.8) is 0 Å². The van der Waals surface area contributed by atoms with Crippen LogP contribution in [-0.4, -0.2) is 19.1 Å². The molecule has 1 amide bonds. The number of carbonyl (C=O) groups is 1. The van der Waals surface area contributed by atoms with E-state index < -0.39 is 0 Å². The number of hydrogen-bond acceptors (Lipinski definition) is 2. The lowest BCUT2D eigenvalue weighted by Crippen LogP contribution is -2.32. The van der Waals surface area contributed by atoms with Gasteiger partial charge in [-0.25, -0.2) is 0 Å². The highest BCUT2D eigenvalue weighted by Crippen LogP contribution is 2.21. The van der Waals surface area contributed by atoms with Crippen LogP contribution in [0.2, 0.25) is 0 Å². The molecule has 3 heteroatoms.